The number of aliphatic hydroxyl groups excluding tert-OH is 2. The van der Waals surface area contributed by atoms with Gasteiger partial charge in [0.25, 0.3) is 0 Å². The lowest BCUT2D eigenvalue weighted by molar-refractivity contribution is -0.137. The van der Waals surface area contributed by atoms with Gasteiger partial charge in [-0.05, 0) is 0 Å². The lowest BCUT2D eigenvalue weighted by Gasteiger charge is -2.22. The van der Waals surface area contributed by atoms with Crippen LogP contribution in [0.1, 0.15) is 6.42 Å². The van der Waals surface area contributed by atoms with E-state index in [9.17, 15) is 9.90 Å². The predicted octanol–water partition coefficient (Wildman–Crippen LogP) is -1.58. The second-order valence-corrected chi connectivity index (χ2v) is 3.23. The summed E-state index contributed by atoms with van der Waals surface area (Å²) < 4.78 is 9.82. The van der Waals surface area contributed by atoms with E-state index in [0.29, 0.717) is 0 Å². The number of carbonyl (C=O) groups is 1. The molecule has 12 heavy (non-hydrogen) atoms. The Kier molecular flexibility index (Phi) is 1.61. The van der Waals surface area contributed by atoms with Gasteiger partial charge in [-0.15, -0.1) is 0 Å². The van der Waals surface area contributed by atoms with Crippen LogP contribution in [0.4, 0.5) is 0 Å². The Labute approximate surface area is 68.9 Å². The lowest BCUT2D eigenvalue weighted by Crippen LogP contribution is -2.43. The van der Waals surface area contributed by atoms with Gasteiger partial charge >= 0.3 is 5.97 Å². The number of hydrogen-bond acceptors (Lipinski definition) is 5. The molecule has 2 aliphatic rings. The first-order valence-corrected chi connectivity index (χ1v) is 3.80. The molecule has 0 aliphatic carbocycles. The Morgan fingerprint density at radius 3 is 2.67 bits per heavy atom. The zero-order valence-corrected chi connectivity index (χ0v) is 6.40. The summed E-state index contributed by atoms with van der Waals surface area (Å²) in [7, 11) is 0. The number of esters is 1. The molecule has 0 aromatic rings. The molecule has 0 aromatic carbocycles. The molecular formula is C7H10O5. The fourth-order valence-electron chi connectivity index (χ4n) is 1.61. The van der Waals surface area contributed by atoms with Gasteiger partial charge in [0.1, 0.15) is 24.4 Å². The van der Waals surface area contributed by atoms with Gasteiger partial charge < -0.3 is 19.7 Å². The second kappa shape index (κ2) is 2.42. The molecule has 2 aliphatic heterocycles. The lowest BCUT2D eigenvalue weighted by atomic mass is 9.95. The molecule has 0 saturated carbocycles. The van der Waals surface area contributed by atoms with Crippen molar-refractivity contribution in [2.45, 2.75) is 24.2 Å². The molecule has 0 radical (unpaired) electrons. The van der Waals surface area contributed by atoms with Crippen molar-refractivity contribution < 1.29 is 24.5 Å². The Bertz CT molecular complexity index is 216. The van der Waals surface area contributed by atoms with Gasteiger partial charge in [0, 0.05) is 0 Å². The van der Waals surface area contributed by atoms with Gasteiger partial charge in [0.05, 0.1) is 13.0 Å². The second-order valence-electron chi connectivity index (χ2n) is 3.23. The fraction of sp³-hybridized carbons (Fsp3) is 0.857. The van der Waals surface area contributed by atoms with Gasteiger partial charge in [-0.1, -0.05) is 0 Å². The Morgan fingerprint density at radius 2 is 2.25 bits per heavy atom. The number of hydrogen-bond donors (Lipinski definition) is 2. The molecule has 2 heterocycles. The molecule has 2 N–H and O–H groups in total. The summed E-state index contributed by atoms with van der Waals surface area (Å²) in [6.07, 6.45) is -1.88. The first kappa shape index (κ1) is 7.97. The highest BCUT2D eigenvalue weighted by Crippen LogP contribution is 2.34. The minimum absolute atomic E-state index is 0.0330. The summed E-state index contributed by atoms with van der Waals surface area (Å²) in [5.74, 6) is -0.386. The van der Waals surface area contributed by atoms with Crippen LogP contribution >= 0.6 is 0 Å². The van der Waals surface area contributed by atoms with E-state index in [2.05, 4.69) is 4.74 Å². The highest BCUT2D eigenvalue weighted by molar-refractivity contribution is 5.73. The third-order valence-electron chi connectivity index (χ3n) is 2.37. The van der Waals surface area contributed by atoms with Crippen molar-refractivity contribution in [3.63, 3.8) is 0 Å². The van der Waals surface area contributed by atoms with Crippen molar-refractivity contribution >= 4 is 5.97 Å². The minimum Gasteiger partial charge on any atom is -0.462 e. The molecule has 5 heteroatoms. The Hall–Kier alpha value is -0.650. The maximum absolute atomic E-state index is 10.8. The van der Waals surface area contributed by atoms with Gasteiger partial charge in [0.2, 0.25) is 0 Å². The van der Waals surface area contributed by atoms with E-state index in [-0.39, 0.29) is 25.6 Å². The van der Waals surface area contributed by atoms with Gasteiger partial charge in [-0.25, -0.2) is 0 Å². The zero-order valence-electron chi connectivity index (χ0n) is 6.40. The van der Waals surface area contributed by atoms with Crippen LogP contribution in [0.25, 0.3) is 0 Å². The van der Waals surface area contributed by atoms with E-state index in [1.807, 2.05) is 0 Å². The first-order valence-electron chi connectivity index (χ1n) is 3.80. The number of carbonyl (C=O) groups excluding carboxylic acids is 1. The summed E-state index contributed by atoms with van der Waals surface area (Å²) in [6, 6.07) is 0. The van der Waals surface area contributed by atoms with Crippen molar-refractivity contribution in [1.29, 1.82) is 0 Å². The summed E-state index contributed by atoms with van der Waals surface area (Å²) in [4.78, 5) is 10.8. The van der Waals surface area contributed by atoms with Crippen LogP contribution in [0.5, 0.6) is 0 Å². The summed E-state index contributed by atoms with van der Waals surface area (Å²) in [5, 5.41) is 18.6. The van der Waals surface area contributed by atoms with E-state index in [0.717, 1.165) is 0 Å². The van der Waals surface area contributed by atoms with Gasteiger partial charge in [0.15, 0.2) is 0 Å². The van der Waals surface area contributed by atoms with E-state index < -0.39 is 17.8 Å². The molecular weight excluding hydrogens is 164 g/mol. The third kappa shape index (κ3) is 0.939. The SMILES string of the molecule is O=C1C[C@@]2(CO1)OC[C@@H](O)[C@@H]2O. The molecule has 2 rings (SSSR count). The largest absolute Gasteiger partial charge is 0.462 e. The van der Waals surface area contributed by atoms with Crippen molar-refractivity contribution in [2.75, 3.05) is 13.2 Å². The number of aliphatic hydroxyl groups is 2. The van der Waals surface area contributed by atoms with Gasteiger partial charge in [-0.2, -0.15) is 0 Å². The van der Waals surface area contributed by atoms with Crippen LogP contribution in [0.2, 0.25) is 0 Å². The molecule has 0 aromatic heterocycles. The smallest absolute Gasteiger partial charge is 0.309 e. The fourth-order valence-corrected chi connectivity index (χ4v) is 1.61. The molecule has 2 saturated heterocycles. The molecule has 2 fully saturated rings. The predicted molar refractivity (Wildman–Crippen MR) is 36.3 cm³/mol. The molecule has 0 amide bonds. The molecule has 0 bridgehead atoms. The highest BCUT2D eigenvalue weighted by Gasteiger charge is 2.54. The molecule has 5 nitrogen and oxygen atoms in total. The number of cyclic esters (lactones) is 1. The minimum atomic E-state index is -1.01. The standard InChI is InChI=1S/C7H10O5/c8-4-2-12-7(6(4)10)1-5(9)11-3-7/h4,6,8,10H,1-3H2/t4-,6+,7+/m1/s1. The summed E-state index contributed by atoms with van der Waals surface area (Å²) >= 11 is 0. The highest BCUT2D eigenvalue weighted by atomic mass is 16.6. The summed E-state index contributed by atoms with van der Waals surface area (Å²) in [6.45, 7) is 0.113. The van der Waals surface area contributed by atoms with Crippen molar-refractivity contribution in [3.05, 3.63) is 0 Å². The maximum atomic E-state index is 10.8. The zero-order chi connectivity index (χ0) is 8.77. The Balaban J connectivity index is 2.17. The van der Waals surface area contributed by atoms with E-state index in [1.54, 1.807) is 0 Å². The van der Waals surface area contributed by atoms with Crippen LogP contribution in [-0.2, 0) is 14.3 Å². The molecule has 1 spiro atoms. The average molecular weight is 174 g/mol. The first-order chi connectivity index (χ1) is 5.64. The van der Waals surface area contributed by atoms with Crippen LogP contribution in [0.15, 0.2) is 0 Å². The normalized spacial score (nSPS) is 47.0. The topological polar surface area (TPSA) is 76.0 Å². The summed E-state index contributed by atoms with van der Waals surface area (Å²) in [5.41, 5.74) is -0.976. The van der Waals surface area contributed by atoms with Gasteiger partial charge in [-0.3, -0.25) is 4.79 Å². The van der Waals surface area contributed by atoms with Crippen LogP contribution in [-0.4, -0.2) is 47.2 Å². The maximum Gasteiger partial charge on any atom is 0.309 e. The van der Waals surface area contributed by atoms with Crippen molar-refractivity contribution in [2.24, 2.45) is 0 Å². The molecule has 3 atom stereocenters. The van der Waals surface area contributed by atoms with E-state index in [4.69, 9.17) is 9.84 Å². The number of ether oxygens (including phenoxy) is 2. The quantitative estimate of drug-likeness (QED) is 0.434. The monoisotopic (exact) mass is 174 g/mol. The third-order valence-corrected chi connectivity index (χ3v) is 2.37. The number of rotatable bonds is 0. The van der Waals surface area contributed by atoms with E-state index >= 15 is 0 Å². The average Bonchev–Trinajstić information content (AvgIpc) is 2.53. The Morgan fingerprint density at radius 1 is 1.50 bits per heavy atom. The van der Waals surface area contributed by atoms with E-state index in [1.165, 1.54) is 0 Å². The van der Waals surface area contributed by atoms with Crippen LogP contribution in [0.3, 0.4) is 0 Å². The molecule has 0 unspecified atom stereocenters. The molecule has 68 valence electrons. The van der Waals surface area contributed by atoms with Crippen molar-refractivity contribution in [3.8, 4) is 0 Å². The van der Waals surface area contributed by atoms with Crippen molar-refractivity contribution in [1.82, 2.24) is 0 Å². The van der Waals surface area contributed by atoms with Crippen LogP contribution in [0, 0.1) is 0 Å². The van der Waals surface area contributed by atoms with Crippen LogP contribution < -0.4 is 0 Å².